The van der Waals surface area contributed by atoms with Gasteiger partial charge in [0, 0.05) is 7.11 Å². The van der Waals surface area contributed by atoms with Crippen molar-refractivity contribution < 1.29 is 14.3 Å². The van der Waals surface area contributed by atoms with E-state index in [1.54, 1.807) is 25.3 Å². The van der Waals surface area contributed by atoms with Gasteiger partial charge in [0.2, 0.25) is 0 Å². The van der Waals surface area contributed by atoms with Gasteiger partial charge in [0.15, 0.2) is 0 Å². The van der Waals surface area contributed by atoms with Gasteiger partial charge in [0.05, 0.1) is 25.0 Å². The van der Waals surface area contributed by atoms with E-state index in [1.807, 2.05) is 12.3 Å². The number of aromatic nitrogens is 1. The molecule has 0 aliphatic rings. The minimum atomic E-state index is -0.420. The predicted octanol–water partition coefficient (Wildman–Crippen LogP) is 0.237. The van der Waals surface area contributed by atoms with Gasteiger partial charge >= 0.3 is 0 Å². The molecule has 1 atom stereocenters. The number of rotatable bonds is 6. The Kier molecular flexibility index (Phi) is 5.55. The van der Waals surface area contributed by atoms with Crippen molar-refractivity contribution in [1.82, 2.24) is 10.4 Å². The smallest absolute Gasteiger partial charge is 0.283 e. The Bertz CT molecular complexity index is 371. The molecule has 0 radical (unpaired) electrons. The van der Waals surface area contributed by atoms with Crippen LogP contribution in [0.1, 0.15) is 23.1 Å². The molecule has 1 heterocycles. The van der Waals surface area contributed by atoms with Crippen LogP contribution < -0.4 is 11.3 Å². The third-order valence-corrected chi connectivity index (χ3v) is 2.09. The summed E-state index contributed by atoms with van der Waals surface area (Å²) in [6.07, 6.45) is -0.0196. The van der Waals surface area contributed by atoms with Gasteiger partial charge in [-0.1, -0.05) is 6.07 Å². The van der Waals surface area contributed by atoms with Crippen molar-refractivity contribution in [3.05, 3.63) is 29.6 Å². The molecule has 0 aromatic carbocycles. The van der Waals surface area contributed by atoms with Crippen molar-refractivity contribution >= 4 is 5.91 Å². The van der Waals surface area contributed by atoms with Crippen LogP contribution >= 0.6 is 0 Å². The fourth-order valence-corrected chi connectivity index (χ4v) is 1.27. The summed E-state index contributed by atoms with van der Waals surface area (Å²) in [5.41, 5.74) is 2.98. The molecule has 1 amide bonds. The van der Waals surface area contributed by atoms with Crippen LogP contribution in [0.2, 0.25) is 0 Å². The molecule has 6 nitrogen and oxygen atoms in total. The number of nitrogen functional groups attached to an aromatic ring is 1. The first-order chi connectivity index (χ1) is 8.17. The first-order valence-electron chi connectivity index (χ1n) is 5.24. The maximum Gasteiger partial charge on any atom is 0.283 e. The van der Waals surface area contributed by atoms with Gasteiger partial charge in [-0.05, 0) is 19.1 Å². The largest absolute Gasteiger partial charge is 0.382 e. The molecule has 0 saturated heterocycles. The second kappa shape index (κ2) is 6.95. The maximum atomic E-state index is 11.2. The molecule has 0 aliphatic heterocycles. The fourth-order valence-electron chi connectivity index (χ4n) is 1.27. The van der Waals surface area contributed by atoms with Gasteiger partial charge in [-0.15, -0.1) is 0 Å². The molecule has 0 bridgehead atoms. The topological polar surface area (TPSA) is 86.5 Å². The highest BCUT2D eigenvalue weighted by molar-refractivity contribution is 5.91. The third-order valence-electron chi connectivity index (χ3n) is 2.09. The Labute approximate surface area is 100 Å². The maximum absolute atomic E-state index is 11.2. The number of methoxy groups -OCH3 is 1. The molecule has 1 aromatic rings. The highest BCUT2D eigenvalue weighted by Crippen LogP contribution is 2.03. The molecule has 0 aliphatic carbocycles. The number of ether oxygens (including phenoxy) is 2. The lowest BCUT2D eigenvalue weighted by Crippen LogP contribution is -2.30. The number of nitrogens with two attached hydrogens (primary N) is 1. The summed E-state index contributed by atoms with van der Waals surface area (Å²) in [4.78, 5) is 15.4. The Balaban J connectivity index is 2.57. The summed E-state index contributed by atoms with van der Waals surface area (Å²) >= 11 is 0. The Hall–Kier alpha value is -1.50. The lowest BCUT2D eigenvalue weighted by molar-refractivity contribution is -0.00140. The van der Waals surface area contributed by atoms with Crippen LogP contribution in [0.25, 0.3) is 0 Å². The van der Waals surface area contributed by atoms with Gasteiger partial charge < -0.3 is 9.47 Å². The molecule has 17 heavy (non-hydrogen) atoms. The van der Waals surface area contributed by atoms with E-state index in [-0.39, 0.29) is 11.8 Å². The quantitative estimate of drug-likeness (QED) is 0.422. The van der Waals surface area contributed by atoms with E-state index in [9.17, 15) is 4.79 Å². The monoisotopic (exact) mass is 239 g/mol. The van der Waals surface area contributed by atoms with E-state index in [0.717, 1.165) is 0 Å². The van der Waals surface area contributed by atoms with E-state index in [4.69, 9.17) is 15.3 Å². The van der Waals surface area contributed by atoms with Crippen LogP contribution in [0.15, 0.2) is 18.2 Å². The molecule has 1 aromatic heterocycles. The zero-order chi connectivity index (χ0) is 12.7. The summed E-state index contributed by atoms with van der Waals surface area (Å²) in [7, 11) is 1.62. The van der Waals surface area contributed by atoms with Gasteiger partial charge in [0.1, 0.15) is 5.69 Å². The molecule has 1 rings (SSSR count). The first kappa shape index (κ1) is 13.6. The first-order valence-corrected chi connectivity index (χ1v) is 5.24. The summed E-state index contributed by atoms with van der Waals surface area (Å²) in [5, 5.41) is 0. The molecule has 0 spiro atoms. The van der Waals surface area contributed by atoms with E-state index in [0.29, 0.717) is 18.9 Å². The number of carbonyl (C=O) groups excluding carboxylic acids is 1. The van der Waals surface area contributed by atoms with Crippen LogP contribution in [0.3, 0.4) is 0 Å². The summed E-state index contributed by atoms with van der Waals surface area (Å²) in [6.45, 7) is 2.75. The predicted molar refractivity (Wildman–Crippen MR) is 62.0 cm³/mol. The Morgan fingerprint density at radius 3 is 3.00 bits per heavy atom. The van der Waals surface area contributed by atoms with Gasteiger partial charge in [-0.25, -0.2) is 10.8 Å². The average molecular weight is 239 g/mol. The van der Waals surface area contributed by atoms with Gasteiger partial charge in [0.25, 0.3) is 5.91 Å². The summed E-state index contributed by atoms with van der Waals surface area (Å²) in [6, 6.07) is 5.11. The lowest BCUT2D eigenvalue weighted by atomic mass is 10.3. The van der Waals surface area contributed by atoms with Gasteiger partial charge in [-0.2, -0.15) is 0 Å². The highest BCUT2D eigenvalue weighted by Gasteiger charge is 2.07. The lowest BCUT2D eigenvalue weighted by Gasteiger charge is -2.11. The van der Waals surface area contributed by atoms with Crippen LogP contribution in [0.5, 0.6) is 0 Å². The van der Waals surface area contributed by atoms with E-state index < -0.39 is 5.91 Å². The zero-order valence-corrected chi connectivity index (χ0v) is 9.97. The molecular formula is C11H17N3O3. The number of nitrogens with one attached hydrogen (secondary N) is 1. The van der Waals surface area contributed by atoms with E-state index >= 15 is 0 Å². The molecule has 0 saturated carbocycles. The van der Waals surface area contributed by atoms with Crippen molar-refractivity contribution in [1.29, 1.82) is 0 Å². The van der Waals surface area contributed by atoms with Crippen LogP contribution in [0.4, 0.5) is 0 Å². The van der Waals surface area contributed by atoms with Crippen molar-refractivity contribution in [2.24, 2.45) is 5.84 Å². The molecule has 3 N–H and O–H groups in total. The van der Waals surface area contributed by atoms with Crippen molar-refractivity contribution in [2.45, 2.75) is 19.6 Å². The van der Waals surface area contributed by atoms with Gasteiger partial charge in [-0.3, -0.25) is 10.2 Å². The van der Waals surface area contributed by atoms with Crippen molar-refractivity contribution in [3.8, 4) is 0 Å². The third kappa shape index (κ3) is 4.48. The number of amides is 1. The normalized spacial score (nSPS) is 12.2. The van der Waals surface area contributed by atoms with Crippen molar-refractivity contribution in [3.63, 3.8) is 0 Å². The minimum Gasteiger partial charge on any atom is -0.382 e. The number of hydrazine groups is 1. The summed E-state index contributed by atoms with van der Waals surface area (Å²) < 4.78 is 10.4. The minimum absolute atomic E-state index is 0.0196. The second-order valence-corrected chi connectivity index (χ2v) is 3.56. The number of hydrogen-bond donors (Lipinski definition) is 2. The van der Waals surface area contributed by atoms with Crippen molar-refractivity contribution in [2.75, 3.05) is 13.7 Å². The number of carbonyl (C=O) groups is 1. The Morgan fingerprint density at radius 1 is 1.59 bits per heavy atom. The number of hydrogen-bond acceptors (Lipinski definition) is 5. The van der Waals surface area contributed by atoms with Crippen LogP contribution in [0, 0.1) is 0 Å². The van der Waals surface area contributed by atoms with E-state index in [1.165, 1.54) is 0 Å². The second-order valence-electron chi connectivity index (χ2n) is 3.56. The molecule has 1 unspecified atom stereocenters. The number of pyridine rings is 1. The van der Waals surface area contributed by atoms with Crippen LogP contribution in [-0.2, 0) is 16.1 Å². The SMILES string of the molecule is COCC(C)OCc1cccc(C(=O)NN)n1. The average Bonchev–Trinajstić information content (AvgIpc) is 2.36. The highest BCUT2D eigenvalue weighted by atomic mass is 16.5. The zero-order valence-electron chi connectivity index (χ0n) is 9.97. The van der Waals surface area contributed by atoms with E-state index in [2.05, 4.69) is 4.98 Å². The standard InChI is InChI=1S/C11H17N3O3/c1-8(6-16-2)17-7-9-4-3-5-10(13-9)11(15)14-12/h3-5,8H,6-7,12H2,1-2H3,(H,14,15). The fraction of sp³-hybridized carbons (Fsp3) is 0.455. The molecule has 6 heteroatoms. The molecule has 0 fully saturated rings. The summed E-state index contributed by atoms with van der Waals surface area (Å²) in [5.74, 6) is 4.61. The van der Waals surface area contributed by atoms with Crippen LogP contribution in [-0.4, -0.2) is 30.7 Å². The molecular weight excluding hydrogens is 222 g/mol. The number of nitrogens with zero attached hydrogens (tertiary/aromatic N) is 1. The molecule has 94 valence electrons. The Morgan fingerprint density at radius 2 is 2.35 bits per heavy atom.